The average molecular weight is 174 g/mol. The third-order valence-corrected chi connectivity index (χ3v) is 1.32. The van der Waals surface area contributed by atoms with E-state index in [1.807, 2.05) is 0 Å². The maximum absolute atomic E-state index is 11.1. The second kappa shape index (κ2) is 4.51. The summed E-state index contributed by atoms with van der Waals surface area (Å²) in [5.74, 6) is 0. The van der Waals surface area contributed by atoms with Crippen LogP contribution in [0.2, 0.25) is 0 Å². The van der Waals surface area contributed by atoms with Crippen LogP contribution in [0.15, 0.2) is 12.7 Å². The molecule has 0 rings (SSSR count). The molecular weight excluding hydrogens is 169 g/mol. The van der Waals surface area contributed by atoms with Crippen molar-refractivity contribution in [3.8, 4) is 0 Å². The summed E-state index contributed by atoms with van der Waals surface area (Å²) in [4.78, 5) is 0. The minimum absolute atomic E-state index is 0.328. The Labute approximate surface area is 55.8 Å². The quantitative estimate of drug-likeness (QED) is 0.472. The monoisotopic (exact) mass is 174 g/mol. The Morgan fingerprint density at radius 3 is 2.30 bits per heavy atom. The van der Waals surface area contributed by atoms with Gasteiger partial charge in [-0.25, -0.2) is 4.57 Å². The Hall–Kier alpha value is -0.290. The van der Waals surface area contributed by atoms with Crippen molar-refractivity contribution in [3.05, 3.63) is 12.7 Å². The van der Waals surface area contributed by atoms with Crippen LogP contribution in [0, 0.1) is 0 Å². The lowest BCUT2D eigenvalue weighted by Gasteiger charge is -2.03. The molecule has 0 saturated heterocycles. The molecule has 0 fully saturated rings. The van der Waals surface area contributed by atoms with Crippen LogP contribution in [0.3, 0.4) is 0 Å². The molecule has 0 aromatic heterocycles. The molecule has 0 radical (unpaired) electrons. The predicted molar refractivity (Wildman–Crippen MR) is 28.1 cm³/mol. The highest BCUT2D eigenvalue weighted by Crippen LogP contribution is 2.49. The van der Waals surface area contributed by atoms with E-state index in [4.69, 9.17) is 0 Å². The van der Waals surface area contributed by atoms with Gasteiger partial charge in [-0.15, -0.1) is 6.58 Å². The van der Waals surface area contributed by atoms with Crippen LogP contribution in [0.4, 0.5) is 9.05 Å². The Morgan fingerprint density at radius 2 is 2.00 bits per heavy atom. The summed E-state index contributed by atoms with van der Waals surface area (Å²) >= 11 is 0. The average Bonchev–Trinajstić information content (AvgIpc) is 2.00. The summed E-state index contributed by atoms with van der Waals surface area (Å²) in [7, 11) is -4.60. The van der Waals surface area contributed by atoms with Crippen molar-refractivity contribution in [1.82, 2.24) is 0 Å². The van der Waals surface area contributed by atoms with Crippen LogP contribution in [0.25, 0.3) is 0 Å². The van der Waals surface area contributed by atoms with Gasteiger partial charge in [-0.05, 0) is 9.05 Å². The van der Waals surface area contributed by atoms with Gasteiger partial charge in [0.05, 0.1) is 6.61 Å². The Kier molecular flexibility index (Phi) is 4.38. The molecule has 0 aromatic carbocycles. The number of halogens is 2. The maximum atomic E-state index is 11.1. The minimum atomic E-state index is -4.60. The summed E-state index contributed by atoms with van der Waals surface area (Å²) in [6.45, 7) is 2.80. The van der Waals surface area contributed by atoms with E-state index in [9.17, 15) is 13.6 Å². The van der Waals surface area contributed by atoms with Crippen molar-refractivity contribution in [2.45, 2.75) is 0 Å². The Balaban J connectivity index is 3.81. The first-order chi connectivity index (χ1) is 4.68. The number of hydrogen-bond acceptors (Lipinski definition) is 4. The number of hydrogen-bond donors (Lipinski definition) is 0. The molecule has 0 bridgehead atoms. The Bertz CT molecular complexity index is 141. The molecule has 0 amide bonds. The predicted octanol–water partition coefficient (Wildman–Crippen LogP) is 2.10. The zero-order valence-corrected chi connectivity index (χ0v) is 5.72. The van der Waals surface area contributed by atoms with Crippen molar-refractivity contribution in [1.29, 1.82) is 0 Å². The smallest absolute Gasteiger partial charge is 0.279 e. The molecular formula is C3H5F2O4P. The first-order valence-corrected chi connectivity index (χ1v) is 3.60. The minimum Gasteiger partial charge on any atom is -0.279 e. The van der Waals surface area contributed by atoms with Gasteiger partial charge in [0.2, 0.25) is 0 Å². The molecule has 0 spiro atoms. The van der Waals surface area contributed by atoms with E-state index in [0.717, 1.165) is 6.08 Å². The van der Waals surface area contributed by atoms with Crippen molar-refractivity contribution < 1.29 is 27.6 Å². The van der Waals surface area contributed by atoms with Crippen LogP contribution >= 0.6 is 7.82 Å². The fourth-order valence-corrected chi connectivity index (χ4v) is 0.583. The highest BCUT2D eigenvalue weighted by molar-refractivity contribution is 7.48. The molecule has 0 unspecified atom stereocenters. The normalized spacial score (nSPS) is 11.4. The van der Waals surface area contributed by atoms with E-state index in [1.54, 1.807) is 0 Å². The van der Waals surface area contributed by atoms with Crippen LogP contribution in [0.1, 0.15) is 0 Å². The first kappa shape index (κ1) is 9.71. The number of rotatable bonds is 5. The van der Waals surface area contributed by atoms with Gasteiger partial charge in [0, 0.05) is 0 Å². The molecule has 0 aliphatic heterocycles. The molecule has 0 aromatic rings. The summed E-state index contributed by atoms with van der Waals surface area (Å²) in [5, 5.41) is 0. The Morgan fingerprint density at radius 1 is 1.50 bits per heavy atom. The molecule has 0 N–H and O–H groups in total. The molecule has 60 valence electrons. The molecule has 0 atom stereocenters. The topological polar surface area (TPSA) is 44.8 Å². The second-order valence-corrected chi connectivity index (χ2v) is 2.60. The van der Waals surface area contributed by atoms with Gasteiger partial charge in [-0.3, -0.25) is 4.52 Å². The SMILES string of the molecule is C=CCOP(=O)(OF)OF. The van der Waals surface area contributed by atoms with Crippen LogP contribution in [-0.2, 0) is 18.5 Å². The molecule has 7 heteroatoms. The van der Waals surface area contributed by atoms with E-state index in [0.29, 0.717) is 0 Å². The van der Waals surface area contributed by atoms with E-state index in [1.165, 1.54) is 0 Å². The molecule has 4 nitrogen and oxygen atoms in total. The summed E-state index contributed by atoms with van der Waals surface area (Å²) in [6, 6.07) is 0. The van der Waals surface area contributed by atoms with E-state index in [-0.39, 0.29) is 6.61 Å². The van der Waals surface area contributed by atoms with Gasteiger partial charge < -0.3 is 0 Å². The standard InChI is InChI=1S/C3H5F2O4P/c1-2-3-7-10(6,8-4)9-5/h2H,1,3H2. The number of phosphoric acid groups is 1. The zero-order chi connectivity index (χ0) is 8.04. The van der Waals surface area contributed by atoms with Gasteiger partial charge in [0.1, 0.15) is 0 Å². The van der Waals surface area contributed by atoms with Crippen LogP contribution in [0.5, 0.6) is 0 Å². The molecule has 0 aliphatic rings. The van der Waals surface area contributed by atoms with Crippen molar-refractivity contribution in [2.75, 3.05) is 6.61 Å². The highest BCUT2D eigenvalue weighted by atomic mass is 31.2. The molecule has 0 heterocycles. The zero-order valence-electron chi connectivity index (χ0n) is 4.83. The lowest BCUT2D eigenvalue weighted by molar-refractivity contribution is -0.116. The van der Waals surface area contributed by atoms with Crippen molar-refractivity contribution in [2.24, 2.45) is 0 Å². The lowest BCUT2D eigenvalue weighted by atomic mass is 10.7. The van der Waals surface area contributed by atoms with Crippen molar-refractivity contribution >= 4 is 7.82 Å². The summed E-state index contributed by atoms with van der Waals surface area (Å²) in [6.07, 6.45) is 1.13. The summed E-state index contributed by atoms with van der Waals surface area (Å²) in [5.41, 5.74) is 0. The molecule has 10 heavy (non-hydrogen) atoms. The van der Waals surface area contributed by atoms with Gasteiger partial charge in [0.15, 0.2) is 0 Å². The van der Waals surface area contributed by atoms with Gasteiger partial charge in [-0.1, -0.05) is 15.5 Å². The fraction of sp³-hybridized carbons (Fsp3) is 0.333. The third kappa shape index (κ3) is 3.03. The first-order valence-electron chi connectivity index (χ1n) is 2.14. The fourth-order valence-electron chi connectivity index (χ4n) is 0.194. The third-order valence-electron chi connectivity index (χ3n) is 0.520. The van der Waals surface area contributed by atoms with Gasteiger partial charge in [-0.2, -0.15) is 0 Å². The van der Waals surface area contributed by atoms with Gasteiger partial charge in [0.25, 0.3) is 0 Å². The largest absolute Gasteiger partial charge is 0.537 e. The van der Waals surface area contributed by atoms with Crippen LogP contribution < -0.4 is 0 Å². The van der Waals surface area contributed by atoms with E-state index < -0.39 is 7.82 Å². The van der Waals surface area contributed by atoms with Gasteiger partial charge >= 0.3 is 7.82 Å². The van der Waals surface area contributed by atoms with E-state index in [2.05, 4.69) is 20.6 Å². The molecule has 0 saturated carbocycles. The summed E-state index contributed by atoms with van der Waals surface area (Å²) < 4.78 is 41.5. The molecule has 0 aliphatic carbocycles. The second-order valence-electron chi connectivity index (χ2n) is 1.17. The van der Waals surface area contributed by atoms with Crippen molar-refractivity contribution in [3.63, 3.8) is 0 Å². The lowest BCUT2D eigenvalue weighted by Crippen LogP contribution is -1.90. The van der Waals surface area contributed by atoms with E-state index >= 15 is 0 Å². The van der Waals surface area contributed by atoms with Crippen LogP contribution in [-0.4, -0.2) is 6.61 Å². The highest BCUT2D eigenvalue weighted by Gasteiger charge is 2.28. The maximum Gasteiger partial charge on any atom is 0.537 e.